The van der Waals surface area contributed by atoms with Crippen molar-refractivity contribution >= 4 is 11.9 Å². The molecule has 0 atom stereocenters. The summed E-state index contributed by atoms with van der Waals surface area (Å²) >= 11 is 0. The smallest absolute Gasteiger partial charge is 0.301 e. The molecule has 0 radical (unpaired) electrons. The molecular weight excluding hydrogens is 240 g/mol. The lowest BCUT2D eigenvalue weighted by molar-refractivity contribution is -0.234. The largest absolute Gasteiger partial charge is 0.342 e. The van der Waals surface area contributed by atoms with Gasteiger partial charge >= 0.3 is 11.9 Å². The minimum absolute atomic E-state index is 0.264. The summed E-state index contributed by atoms with van der Waals surface area (Å²) in [5.74, 6) is -1.16. The standard InChI is InChI=1S/C12H22O6/c13-11(17-15)9-7-5-3-1-2-4-6-8-10-12(14)18-16/h15-16H,1-10H2. The lowest BCUT2D eigenvalue weighted by Gasteiger charge is -2.01. The highest BCUT2D eigenvalue weighted by atomic mass is 17.1. The summed E-state index contributed by atoms with van der Waals surface area (Å²) in [6.45, 7) is 0. The molecule has 0 aromatic rings. The van der Waals surface area contributed by atoms with Gasteiger partial charge in [0.25, 0.3) is 0 Å². The molecule has 0 aliphatic rings. The number of hydrogen-bond acceptors (Lipinski definition) is 6. The molecule has 6 nitrogen and oxygen atoms in total. The molecule has 0 bridgehead atoms. The van der Waals surface area contributed by atoms with Crippen molar-refractivity contribution in [2.75, 3.05) is 0 Å². The first-order valence-electron chi connectivity index (χ1n) is 6.39. The van der Waals surface area contributed by atoms with Gasteiger partial charge in [-0.3, -0.25) is 0 Å². The number of carbonyl (C=O) groups is 2. The Balaban J connectivity index is 3.07. The maximum atomic E-state index is 10.6. The third-order valence-corrected chi connectivity index (χ3v) is 2.72. The van der Waals surface area contributed by atoms with Crippen molar-refractivity contribution in [3.63, 3.8) is 0 Å². The van der Waals surface area contributed by atoms with Crippen LogP contribution in [-0.4, -0.2) is 22.5 Å². The van der Waals surface area contributed by atoms with E-state index in [1.54, 1.807) is 0 Å². The SMILES string of the molecule is O=C(CCCCCCCCCCC(=O)OO)OO. The molecule has 0 aromatic heterocycles. The molecule has 0 spiro atoms. The fourth-order valence-electron chi connectivity index (χ4n) is 1.69. The maximum absolute atomic E-state index is 10.6. The van der Waals surface area contributed by atoms with Crippen molar-refractivity contribution in [3.8, 4) is 0 Å². The molecule has 0 fully saturated rings. The van der Waals surface area contributed by atoms with E-state index in [0.29, 0.717) is 0 Å². The van der Waals surface area contributed by atoms with Crippen molar-refractivity contribution in [3.05, 3.63) is 0 Å². The number of hydrogen-bond donors (Lipinski definition) is 2. The summed E-state index contributed by atoms with van der Waals surface area (Å²) in [4.78, 5) is 28.3. The first-order chi connectivity index (χ1) is 8.70. The van der Waals surface area contributed by atoms with Crippen molar-refractivity contribution in [2.45, 2.75) is 64.2 Å². The van der Waals surface area contributed by atoms with Crippen molar-refractivity contribution in [1.29, 1.82) is 0 Å². The average molecular weight is 262 g/mol. The van der Waals surface area contributed by atoms with Crippen molar-refractivity contribution < 1.29 is 29.9 Å². The summed E-state index contributed by atoms with van der Waals surface area (Å²) in [5, 5.41) is 16.0. The fourth-order valence-corrected chi connectivity index (χ4v) is 1.69. The predicted molar refractivity (Wildman–Crippen MR) is 63.6 cm³/mol. The zero-order chi connectivity index (χ0) is 13.6. The molecule has 0 aliphatic carbocycles. The van der Waals surface area contributed by atoms with E-state index in [4.69, 9.17) is 10.5 Å². The maximum Gasteiger partial charge on any atom is 0.342 e. The first-order valence-corrected chi connectivity index (χ1v) is 6.39. The van der Waals surface area contributed by atoms with Gasteiger partial charge in [0.1, 0.15) is 0 Å². The van der Waals surface area contributed by atoms with E-state index in [2.05, 4.69) is 9.78 Å². The molecule has 106 valence electrons. The molecule has 0 aliphatic heterocycles. The van der Waals surface area contributed by atoms with Gasteiger partial charge in [0.05, 0.1) is 0 Å². The normalized spacial score (nSPS) is 10.1. The van der Waals surface area contributed by atoms with Gasteiger partial charge < -0.3 is 9.78 Å². The number of carbonyl (C=O) groups excluding carboxylic acids is 2. The summed E-state index contributed by atoms with van der Waals surface area (Å²) in [7, 11) is 0. The molecule has 0 unspecified atom stereocenters. The molecular formula is C12H22O6. The molecule has 0 aromatic carbocycles. The minimum Gasteiger partial charge on any atom is -0.301 e. The highest BCUT2D eigenvalue weighted by molar-refractivity contribution is 5.68. The van der Waals surface area contributed by atoms with Crippen LogP contribution in [0.2, 0.25) is 0 Å². The quantitative estimate of drug-likeness (QED) is 0.338. The molecule has 0 saturated heterocycles. The third kappa shape index (κ3) is 11.3. The highest BCUT2D eigenvalue weighted by Crippen LogP contribution is 2.10. The van der Waals surface area contributed by atoms with Gasteiger partial charge in [0.15, 0.2) is 0 Å². The van der Waals surface area contributed by atoms with Gasteiger partial charge in [-0.2, -0.15) is 10.5 Å². The van der Waals surface area contributed by atoms with E-state index in [0.717, 1.165) is 51.4 Å². The highest BCUT2D eigenvalue weighted by Gasteiger charge is 2.02. The Bertz CT molecular complexity index is 205. The molecule has 18 heavy (non-hydrogen) atoms. The van der Waals surface area contributed by atoms with Gasteiger partial charge in [0.2, 0.25) is 0 Å². The van der Waals surface area contributed by atoms with Crippen LogP contribution in [0.5, 0.6) is 0 Å². The van der Waals surface area contributed by atoms with Crippen LogP contribution >= 0.6 is 0 Å². The van der Waals surface area contributed by atoms with Gasteiger partial charge in [-0.15, -0.1) is 0 Å². The Morgan fingerprint density at radius 2 is 0.889 bits per heavy atom. The topological polar surface area (TPSA) is 93.1 Å². The third-order valence-electron chi connectivity index (χ3n) is 2.72. The summed E-state index contributed by atoms with van der Waals surface area (Å²) < 4.78 is 0. The summed E-state index contributed by atoms with van der Waals surface area (Å²) in [6.07, 6.45) is 8.20. The van der Waals surface area contributed by atoms with Crippen LogP contribution in [-0.2, 0) is 19.4 Å². The lowest BCUT2D eigenvalue weighted by Crippen LogP contribution is -2.00. The van der Waals surface area contributed by atoms with Crippen LogP contribution in [0.1, 0.15) is 64.2 Å². The van der Waals surface area contributed by atoms with Crippen LogP contribution in [0.25, 0.3) is 0 Å². The Hall–Kier alpha value is -1.14. The van der Waals surface area contributed by atoms with Crippen LogP contribution in [0.15, 0.2) is 0 Å². The zero-order valence-corrected chi connectivity index (χ0v) is 10.6. The van der Waals surface area contributed by atoms with Crippen molar-refractivity contribution in [2.24, 2.45) is 0 Å². The van der Waals surface area contributed by atoms with Gasteiger partial charge in [0, 0.05) is 12.8 Å². The van der Waals surface area contributed by atoms with E-state index >= 15 is 0 Å². The average Bonchev–Trinajstić information content (AvgIpc) is 2.40. The first kappa shape index (κ1) is 16.9. The van der Waals surface area contributed by atoms with Gasteiger partial charge in [-0.1, -0.05) is 38.5 Å². The second kappa shape index (κ2) is 12.3. The van der Waals surface area contributed by atoms with Gasteiger partial charge in [-0.25, -0.2) is 9.59 Å². The summed E-state index contributed by atoms with van der Waals surface area (Å²) in [5.41, 5.74) is 0. The van der Waals surface area contributed by atoms with Crippen LogP contribution < -0.4 is 0 Å². The Kier molecular flexibility index (Phi) is 11.5. The molecule has 6 heteroatoms. The van der Waals surface area contributed by atoms with E-state index in [1.165, 1.54) is 0 Å². The van der Waals surface area contributed by atoms with E-state index in [1.807, 2.05) is 0 Å². The van der Waals surface area contributed by atoms with Gasteiger partial charge in [-0.05, 0) is 12.8 Å². The second-order valence-electron chi connectivity index (χ2n) is 4.26. The fraction of sp³-hybridized carbons (Fsp3) is 0.833. The lowest BCUT2D eigenvalue weighted by atomic mass is 10.1. The molecule has 0 amide bonds. The minimum atomic E-state index is -0.578. The van der Waals surface area contributed by atoms with E-state index < -0.39 is 11.9 Å². The summed E-state index contributed by atoms with van der Waals surface area (Å²) in [6, 6.07) is 0. The molecule has 0 rings (SSSR count). The Morgan fingerprint density at radius 1 is 0.611 bits per heavy atom. The Morgan fingerprint density at radius 3 is 1.17 bits per heavy atom. The molecule has 0 saturated carbocycles. The van der Waals surface area contributed by atoms with Crippen LogP contribution in [0, 0.1) is 0 Å². The van der Waals surface area contributed by atoms with Crippen LogP contribution in [0.4, 0.5) is 0 Å². The van der Waals surface area contributed by atoms with Crippen molar-refractivity contribution in [1.82, 2.24) is 0 Å². The monoisotopic (exact) mass is 262 g/mol. The van der Waals surface area contributed by atoms with Crippen LogP contribution in [0.3, 0.4) is 0 Å². The second-order valence-corrected chi connectivity index (χ2v) is 4.26. The number of rotatable bonds is 11. The van der Waals surface area contributed by atoms with E-state index in [9.17, 15) is 9.59 Å². The molecule has 0 heterocycles. The predicted octanol–water partition coefficient (Wildman–Crippen LogP) is 2.92. The zero-order valence-electron chi connectivity index (χ0n) is 10.6. The molecule has 2 N–H and O–H groups in total. The number of unbranched alkanes of at least 4 members (excludes halogenated alkanes) is 7. The Labute approximate surface area is 107 Å². The van der Waals surface area contributed by atoms with E-state index in [-0.39, 0.29) is 12.8 Å².